The van der Waals surface area contributed by atoms with E-state index in [4.69, 9.17) is 9.84 Å². The maximum absolute atomic E-state index is 15.0. The van der Waals surface area contributed by atoms with Crippen LogP contribution >= 0.6 is 0 Å². The molecule has 1 amide bonds. The van der Waals surface area contributed by atoms with Gasteiger partial charge in [0.15, 0.2) is 0 Å². The fourth-order valence-corrected chi connectivity index (χ4v) is 6.01. The van der Waals surface area contributed by atoms with Gasteiger partial charge < -0.3 is 9.84 Å². The van der Waals surface area contributed by atoms with Crippen molar-refractivity contribution in [2.45, 2.75) is 55.7 Å². The van der Waals surface area contributed by atoms with Gasteiger partial charge in [0.2, 0.25) is 15.9 Å². The maximum atomic E-state index is 15.0. The van der Waals surface area contributed by atoms with Gasteiger partial charge in [-0.2, -0.15) is 5.26 Å². The van der Waals surface area contributed by atoms with Gasteiger partial charge in [-0.1, -0.05) is 27.7 Å². The molecule has 0 saturated heterocycles. The first-order valence-corrected chi connectivity index (χ1v) is 14.3. The number of aliphatic hydroxyl groups is 1. The molecule has 0 atom stereocenters. The standard InChI is InChI=1S/C24H30FN3O7S2/c1-14(2)18-10-16(13-26)24(25)23(15(3)4)19(18)12-22(30)28-37(33,34)21-7-6-17(11-20(21)35-5)36(31,32)27-8-9-29/h6-7,10-11,14-15,27,29H,8-9,12H2,1-5H3,(H,28,30). The summed E-state index contributed by atoms with van der Waals surface area (Å²) in [5.41, 5.74) is 0.865. The molecule has 0 spiro atoms. The van der Waals surface area contributed by atoms with Crippen molar-refractivity contribution in [2.24, 2.45) is 0 Å². The molecule has 2 aromatic carbocycles. The van der Waals surface area contributed by atoms with E-state index in [0.29, 0.717) is 11.1 Å². The van der Waals surface area contributed by atoms with Crippen molar-refractivity contribution in [3.05, 3.63) is 52.3 Å². The zero-order chi connectivity index (χ0) is 28.1. The smallest absolute Gasteiger partial charge is 0.267 e. The lowest BCUT2D eigenvalue weighted by Gasteiger charge is -2.21. The van der Waals surface area contributed by atoms with E-state index in [1.807, 2.05) is 24.6 Å². The lowest BCUT2D eigenvalue weighted by atomic mass is 9.85. The zero-order valence-corrected chi connectivity index (χ0v) is 22.8. The number of hydrogen-bond donors (Lipinski definition) is 3. The summed E-state index contributed by atoms with van der Waals surface area (Å²) >= 11 is 0. The number of halogens is 1. The summed E-state index contributed by atoms with van der Waals surface area (Å²) in [6.45, 7) is 6.36. The Labute approximate surface area is 216 Å². The number of hydrogen-bond acceptors (Lipinski definition) is 8. The summed E-state index contributed by atoms with van der Waals surface area (Å²) in [7, 11) is -7.43. The van der Waals surface area contributed by atoms with Gasteiger partial charge >= 0.3 is 0 Å². The number of rotatable bonds is 11. The molecule has 10 nitrogen and oxygen atoms in total. The van der Waals surface area contributed by atoms with Gasteiger partial charge in [0, 0.05) is 12.6 Å². The molecule has 0 radical (unpaired) electrons. The first kappa shape index (κ1) is 30.2. The molecule has 0 aliphatic heterocycles. The van der Waals surface area contributed by atoms with Gasteiger partial charge in [0.1, 0.15) is 22.5 Å². The zero-order valence-electron chi connectivity index (χ0n) is 21.1. The first-order valence-electron chi connectivity index (χ1n) is 11.3. The van der Waals surface area contributed by atoms with Gasteiger partial charge in [-0.3, -0.25) is 4.79 Å². The Morgan fingerprint density at radius 3 is 2.27 bits per heavy atom. The quantitative estimate of drug-likeness (QED) is 0.380. The van der Waals surface area contributed by atoms with E-state index in [-0.39, 0.29) is 40.2 Å². The van der Waals surface area contributed by atoms with Crippen LogP contribution in [0.3, 0.4) is 0 Å². The van der Waals surface area contributed by atoms with Crippen LogP contribution in [0.15, 0.2) is 34.1 Å². The van der Waals surface area contributed by atoms with Crippen molar-refractivity contribution in [2.75, 3.05) is 20.3 Å². The number of benzene rings is 2. The van der Waals surface area contributed by atoms with Crippen molar-refractivity contribution in [3.8, 4) is 11.8 Å². The second-order valence-corrected chi connectivity index (χ2v) is 12.2. The number of nitriles is 1. The predicted molar refractivity (Wildman–Crippen MR) is 134 cm³/mol. The highest BCUT2D eigenvalue weighted by atomic mass is 32.2. The SMILES string of the molecule is COc1cc(S(=O)(=O)NCCO)ccc1S(=O)(=O)NC(=O)Cc1c(C(C)C)cc(C#N)c(F)c1C(C)C. The largest absolute Gasteiger partial charge is 0.495 e. The van der Waals surface area contributed by atoms with Crippen LogP contribution in [0.4, 0.5) is 4.39 Å². The summed E-state index contributed by atoms with van der Waals surface area (Å²) in [6.07, 6.45) is -0.470. The number of amides is 1. The molecule has 0 fully saturated rings. The van der Waals surface area contributed by atoms with Crippen molar-refractivity contribution < 1.29 is 35.9 Å². The minimum absolute atomic E-state index is 0.155. The number of carbonyl (C=O) groups excluding carboxylic acids is 1. The molecule has 0 unspecified atom stereocenters. The van der Waals surface area contributed by atoms with Crippen molar-refractivity contribution in [1.82, 2.24) is 9.44 Å². The molecular weight excluding hydrogens is 525 g/mol. The van der Waals surface area contributed by atoms with E-state index in [9.17, 15) is 26.9 Å². The molecule has 0 heterocycles. The molecular formula is C24H30FN3O7S2. The van der Waals surface area contributed by atoms with Crippen LogP contribution < -0.4 is 14.2 Å². The highest BCUT2D eigenvalue weighted by Gasteiger charge is 2.28. The third-order valence-electron chi connectivity index (χ3n) is 5.49. The number of aliphatic hydroxyl groups excluding tert-OH is 1. The van der Waals surface area contributed by atoms with Crippen LogP contribution in [0, 0.1) is 17.1 Å². The Bertz CT molecular complexity index is 1430. The van der Waals surface area contributed by atoms with E-state index in [2.05, 4.69) is 4.72 Å². The van der Waals surface area contributed by atoms with E-state index < -0.39 is 49.7 Å². The molecule has 0 aliphatic carbocycles. The van der Waals surface area contributed by atoms with E-state index in [1.165, 1.54) is 6.07 Å². The van der Waals surface area contributed by atoms with Crippen molar-refractivity contribution in [1.29, 1.82) is 5.26 Å². The highest BCUT2D eigenvalue weighted by molar-refractivity contribution is 7.90. The molecule has 0 bridgehead atoms. The monoisotopic (exact) mass is 555 g/mol. The highest BCUT2D eigenvalue weighted by Crippen LogP contribution is 2.33. The Hall–Kier alpha value is -3.05. The lowest BCUT2D eigenvalue weighted by molar-refractivity contribution is -0.118. The summed E-state index contributed by atoms with van der Waals surface area (Å²) in [5, 5.41) is 18.2. The average molecular weight is 556 g/mol. The number of sulfonamides is 2. The number of methoxy groups -OCH3 is 1. The Morgan fingerprint density at radius 1 is 1.11 bits per heavy atom. The van der Waals surface area contributed by atoms with Crippen LogP contribution in [0.25, 0.3) is 0 Å². The molecule has 2 rings (SSSR count). The topological polar surface area (TPSA) is 163 Å². The third kappa shape index (κ3) is 6.84. The molecule has 0 aromatic heterocycles. The Morgan fingerprint density at radius 2 is 1.76 bits per heavy atom. The molecule has 37 heavy (non-hydrogen) atoms. The second-order valence-electron chi connectivity index (χ2n) is 8.78. The van der Waals surface area contributed by atoms with Gasteiger partial charge in [0.25, 0.3) is 10.0 Å². The molecule has 0 saturated carbocycles. The first-order chi connectivity index (χ1) is 17.2. The van der Waals surface area contributed by atoms with Crippen molar-refractivity contribution in [3.63, 3.8) is 0 Å². The summed E-state index contributed by atoms with van der Waals surface area (Å²) in [4.78, 5) is 12.1. The second kappa shape index (κ2) is 12.0. The van der Waals surface area contributed by atoms with E-state index >= 15 is 4.39 Å². The minimum Gasteiger partial charge on any atom is -0.495 e. The molecule has 202 valence electrons. The van der Waals surface area contributed by atoms with Crippen LogP contribution in [0.2, 0.25) is 0 Å². The molecule has 2 aromatic rings. The number of ether oxygens (including phenoxy) is 1. The fraction of sp³-hybridized carbons (Fsp3) is 0.417. The van der Waals surface area contributed by atoms with Crippen LogP contribution in [0.5, 0.6) is 5.75 Å². The van der Waals surface area contributed by atoms with Crippen LogP contribution in [-0.4, -0.2) is 48.1 Å². The predicted octanol–water partition coefficient (Wildman–Crippen LogP) is 2.27. The molecule has 0 aliphatic rings. The fourth-order valence-electron chi connectivity index (χ4n) is 3.84. The van der Waals surface area contributed by atoms with E-state index in [0.717, 1.165) is 25.3 Å². The summed E-state index contributed by atoms with van der Waals surface area (Å²) < 4.78 is 74.8. The van der Waals surface area contributed by atoms with Crippen LogP contribution in [-0.2, 0) is 31.3 Å². The lowest BCUT2D eigenvalue weighted by Crippen LogP contribution is -2.33. The third-order valence-corrected chi connectivity index (χ3v) is 8.36. The Balaban J connectivity index is 2.47. The minimum atomic E-state index is -4.52. The number of nitrogens with one attached hydrogen (secondary N) is 2. The van der Waals surface area contributed by atoms with Gasteiger partial charge in [-0.15, -0.1) is 0 Å². The maximum Gasteiger partial charge on any atom is 0.267 e. The average Bonchev–Trinajstić information content (AvgIpc) is 2.81. The van der Waals surface area contributed by atoms with Crippen LogP contribution in [0.1, 0.15) is 61.8 Å². The number of carbonyl (C=O) groups is 1. The van der Waals surface area contributed by atoms with Crippen molar-refractivity contribution >= 4 is 26.0 Å². The van der Waals surface area contributed by atoms with E-state index in [1.54, 1.807) is 13.8 Å². The summed E-state index contributed by atoms with van der Waals surface area (Å²) in [6, 6.07) is 6.16. The van der Waals surface area contributed by atoms with Gasteiger partial charge in [-0.25, -0.2) is 30.7 Å². The van der Waals surface area contributed by atoms with Gasteiger partial charge in [0.05, 0.1) is 30.6 Å². The normalized spacial score (nSPS) is 12.0. The molecule has 3 N–H and O–H groups in total. The summed E-state index contributed by atoms with van der Waals surface area (Å²) in [5.74, 6) is -2.60. The number of nitrogens with zero attached hydrogens (tertiary/aromatic N) is 1. The van der Waals surface area contributed by atoms with Gasteiger partial charge in [-0.05, 0) is 46.7 Å². The molecule has 13 heteroatoms. The Kier molecular flexibility index (Phi) is 9.78.